The van der Waals surface area contributed by atoms with Crippen LogP contribution in [0, 0.1) is 13.8 Å². The Balaban J connectivity index is 2.03. The van der Waals surface area contributed by atoms with E-state index in [4.69, 9.17) is 4.99 Å². The van der Waals surface area contributed by atoms with Gasteiger partial charge in [-0.15, -0.1) is 0 Å². The smallest absolute Gasteiger partial charge is 0.0772 e. The number of hydrogen-bond donors (Lipinski definition) is 0. The minimum atomic E-state index is 0.0436. The van der Waals surface area contributed by atoms with Crippen LogP contribution < -0.4 is 4.90 Å². The van der Waals surface area contributed by atoms with E-state index in [1.807, 2.05) is 6.21 Å². The zero-order valence-electron chi connectivity index (χ0n) is 17.2. The largest absolute Gasteiger partial charge is 0.362 e. The van der Waals surface area contributed by atoms with Gasteiger partial charge in [0.2, 0.25) is 0 Å². The molecule has 3 heteroatoms. The van der Waals surface area contributed by atoms with E-state index >= 15 is 0 Å². The van der Waals surface area contributed by atoms with Crippen LogP contribution in [-0.4, -0.2) is 18.3 Å². The number of fused-ring (bicyclic) bond motifs is 1. The molecule has 2 aromatic rings. The molecule has 0 saturated heterocycles. The number of halogens is 1. The summed E-state index contributed by atoms with van der Waals surface area (Å²) < 4.78 is 1.03. The molecule has 0 unspecified atom stereocenters. The second-order valence-electron chi connectivity index (χ2n) is 8.07. The van der Waals surface area contributed by atoms with E-state index in [9.17, 15) is 0 Å². The van der Waals surface area contributed by atoms with Gasteiger partial charge in [0.25, 0.3) is 0 Å². The van der Waals surface area contributed by atoms with E-state index in [1.54, 1.807) is 0 Å². The summed E-state index contributed by atoms with van der Waals surface area (Å²) in [4.78, 5) is 7.26. The van der Waals surface area contributed by atoms with Crippen LogP contribution in [0.15, 0.2) is 45.9 Å². The van der Waals surface area contributed by atoms with Crippen molar-refractivity contribution in [3.8, 4) is 0 Å². The van der Waals surface area contributed by atoms with Crippen LogP contribution in [0.3, 0.4) is 0 Å². The van der Waals surface area contributed by atoms with Crippen LogP contribution in [0.4, 0.5) is 11.4 Å². The molecule has 1 aliphatic heterocycles. The fraction of sp³-hybridized carbons (Fsp3) is 0.375. The van der Waals surface area contributed by atoms with Crippen molar-refractivity contribution in [2.24, 2.45) is 4.99 Å². The molecule has 2 nitrogen and oxygen atoms in total. The van der Waals surface area contributed by atoms with Gasteiger partial charge in [0.15, 0.2) is 0 Å². The lowest BCUT2D eigenvalue weighted by Gasteiger charge is -2.43. The van der Waals surface area contributed by atoms with Crippen molar-refractivity contribution in [2.45, 2.75) is 53.5 Å². The van der Waals surface area contributed by atoms with Gasteiger partial charge in [-0.25, -0.2) is 0 Å². The molecule has 0 aliphatic carbocycles. The molecule has 0 atom stereocenters. The zero-order valence-corrected chi connectivity index (χ0v) is 18.8. The summed E-state index contributed by atoms with van der Waals surface area (Å²) in [7, 11) is 0. The molecule has 1 heterocycles. The van der Waals surface area contributed by atoms with Crippen molar-refractivity contribution in [3.63, 3.8) is 0 Å². The second kappa shape index (κ2) is 7.63. The molecule has 0 spiro atoms. The molecule has 2 aromatic carbocycles. The van der Waals surface area contributed by atoms with Crippen molar-refractivity contribution in [1.82, 2.24) is 0 Å². The third-order valence-electron chi connectivity index (χ3n) is 5.26. The van der Waals surface area contributed by atoms with Gasteiger partial charge in [-0.3, -0.25) is 4.99 Å². The SMILES string of the molecule is CCCN1c2cc(C)c(C=Nc3ccc(C)cc3Br)cc2C(C)=CC1(C)C. The Kier molecular flexibility index (Phi) is 5.62. The first-order valence-electron chi connectivity index (χ1n) is 9.65. The highest BCUT2D eigenvalue weighted by Crippen LogP contribution is 2.40. The number of anilines is 1. The Bertz CT molecular complexity index is 922. The van der Waals surface area contributed by atoms with Crippen molar-refractivity contribution >= 4 is 39.1 Å². The fourth-order valence-electron chi connectivity index (χ4n) is 3.87. The maximum atomic E-state index is 4.73. The highest BCUT2D eigenvalue weighted by molar-refractivity contribution is 9.10. The Morgan fingerprint density at radius 3 is 2.52 bits per heavy atom. The van der Waals surface area contributed by atoms with Crippen LogP contribution in [0.2, 0.25) is 0 Å². The Hall–Kier alpha value is -1.87. The van der Waals surface area contributed by atoms with Crippen molar-refractivity contribution < 1.29 is 0 Å². The van der Waals surface area contributed by atoms with Crippen LogP contribution in [0.1, 0.15) is 56.4 Å². The van der Waals surface area contributed by atoms with E-state index in [1.165, 1.54) is 33.5 Å². The maximum Gasteiger partial charge on any atom is 0.0772 e. The van der Waals surface area contributed by atoms with Gasteiger partial charge >= 0.3 is 0 Å². The summed E-state index contributed by atoms with van der Waals surface area (Å²) in [6.45, 7) is 14.4. The predicted octanol–water partition coefficient (Wildman–Crippen LogP) is 7.23. The van der Waals surface area contributed by atoms with E-state index in [0.29, 0.717) is 0 Å². The average Bonchev–Trinajstić information content (AvgIpc) is 2.58. The molecule has 0 fully saturated rings. The standard InChI is InChI=1S/C24H29BrN2/c1-7-10-27-23-12-17(3)19(13-20(23)18(4)14-24(27,5)6)15-26-22-9-8-16(2)11-21(22)25/h8-9,11-15H,7,10H2,1-6H3. The van der Waals surface area contributed by atoms with E-state index < -0.39 is 0 Å². The topological polar surface area (TPSA) is 15.6 Å². The molecule has 0 aromatic heterocycles. The summed E-state index contributed by atoms with van der Waals surface area (Å²) in [5.74, 6) is 0. The Morgan fingerprint density at radius 1 is 1.11 bits per heavy atom. The summed E-state index contributed by atoms with van der Waals surface area (Å²) >= 11 is 3.62. The normalized spacial score (nSPS) is 15.8. The number of aryl methyl sites for hydroxylation is 2. The highest BCUT2D eigenvalue weighted by atomic mass is 79.9. The maximum absolute atomic E-state index is 4.73. The summed E-state index contributed by atoms with van der Waals surface area (Å²) in [5, 5.41) is 0. The van der Waals surface area contributed by atoms with Gasteiger partial charge in [0.05, 0.1) is 11.2 Å². The quantitative estimate of drug-likeness (QED) is 0.472. The van der Waals surface area contributed by atoms with Crippen molar-refractivity contribution in [2.75, 3.05) is 11.4 Å². The van der Waals surface area contributed by atoms with E-state index in [0.717, 1.165) is 23.1 Å². The number of aliphatic imine (C=N–C) groups is 1. The average molecular weight is 425 g/mol. The number of nitrogens with zero attached hydrogens (tertiary/aromatic N) is 2. The van der Waals surface area contributed by atoms with Gasteiger partial charge in [-0.05, 0) is 103 Å². The zero-order chi connectivity index (χ0) is 19.8. The molecular weight excluding hydrogens is 396 g/mol. The third kappa shape index (κ3) is 4.03. The fourth-order valence-corrected chi connectivity index (χ4v) is 4.47. The second-order valence-corrected chi connectivity index (χ2v) is 8.93. The summed E-state index contributed by atoms with van der Waals surface area (Å²) in [6.07, 6.45) is 5.51. The first kappa shape index (κ1) is 19.9. The van der Waals surface area contributed by atoms with Crippen LogP contribution in [-0.2, 0) is 0 Å². The van der Waals surface area contributed by atoms with Crippen molar-refractivity contribution in [1.29, 1.82) is 0 Å². The lowest BCUT2D eigenvalue weighted by molar-refractivity contribution is 0.550. The van der Waals surface area contributed by atoms with Crippen LogP contribution in [0.25, 0.3) is 5.57 Å². The molecule has 3 rings (SSSR count). The number of benzene rings is 2. The van der Waals surface area contributed by atoms with Crippen molar-refractivity contribution in [3.05, 3.63) is 63.1 Å². The van der Waals surface area contributed by atoms with Crippen LogP contribution >= 0.6 is 15.9 Å². The van der Waals surface area contributed by atoms with Crippen LogP contribution in [0.5, 0.6) is 0 Å². The molecule has 27 heavy (non-hydrogen) atoms. The Labute approximate surface area is 172 Å². The minimum absolute atomic E-state index is 0.0436. The van der Waals surface area contributed by atoms with Gasteiger partial charge in [-0.2, -0.15) is 0 Å². The summed E-state index contributed by atoms with van der Waals surface area (Å²) in [6, 6.07) is 10.9. The molecule has 0 amide bonds. The number of hydrogen-bond acceptors (Lipinski definition) is 2. The van der Waals surface area contributed by atoms with Gasteiger partial charge in [-0.1, -0.05) is 19.1 Å². The molecule has 0 bridgehead atoms. The Morgan fingerprint density at radius 2 is 1.85 bits per heavy atom. The molecule has 142 valence electrons. The summed E-state index contributed by atoms with van der Waals surface area (Å²) in [5.41, 5.74) is 8.66. The van der Waals surface area contributed by atoms with E-state index in [-0.39, 0.29) is 5.54 Å². The first-order valence-corrected chi connectivity index (χ1v) is 10.4. The number of rotatable bonds is 4. The minimum Gasteiger partial charge on any atom is -0.362 e. The molecule has 0 radical (unpaired) electrons. The molecule has 0 saturated carbocycles. The van der Waals surface area contributed by atoms with E-state index in [2.05, 4.69) is 98.8 Å². The lowest BCUT2D eigenvalue weighted by atomic mass is 9.87. The highest BCUT2D eigenvalue weighted by Gasteiger charge is 2.31. The monoisotopic (exact) mass is 424 g/mol. The number of allylic oxidation sites excluding steroid dienone is 1. The van der Waals surface area contributed by atoms with Gasteiger partial charge in [0, 0.05) is 28.5 Å². The lowest BCUT2D eigenvalue weighted by Crippen LogP contribution is -2.45. The molecular formula is C24H29BrN2. The third-order valence-corrected chi connectivity index (χ3v) is 5.89. The molecule has 0 N–H and O–H groups in total. The first-order chi connectivity index (χ1) is 12.7. The predicted molar refractivity (Wildman–Crippen MR) is 123 cm³/mol. The van der Waals surface area contributed by atoms with Gasteiger partial charge in [0.1, 0.15) is 0 Å². The molecule has 1 aliphatic rings. The van der Waals surface area contributed by atoms with Gasteiger partial charge < -0.3 is 4.90 Å².